The van der Waals surface area contributed by atoms with Crippen molar-refractivity contribution in [3.63, 3.8) is 0 Å². The number of anilines is 1. The Morgan fingerprint density at radius 3 is 3.00 bits per heavy atom. The van der Waals surface area contributed by atoms with Crippen LogP contribution in [0.1, 0.15) is 0 Å². The number of halogens is 2. The summed E-state index contributed by atoms with van der Waals surface area (Å²) in [6.07, 6.45) is 0. The first kappa shape index (κ1) is 14.1. The number of hydrazine groups is 1. The second-order valence-electron chi connectivity index (χ2n) is 3.09. The predicted molar refractivity (Wildman–Crippen MR) is 74.2 cm³/mol. The molecule has 94 valence electrons. The van der Waals surface area contributed by atoms with Gasteiger partial charge >= 0.3 is 0 Å². The molecule has 0 atom stereocenters. The second kappa shape index (κ2) is 7.41. The van der Waals surface area contributed by atoms with E-state index >= 15 is 0 Å². The van der Waals surface area contributed by atoms with Gasteiger partial charge in [0.25, 0.3) is 0 Å². The van der Waals surface area contributed by atoms with E-state index in [-0.39, 0.29) is 5.82 Å². The first-order chi connectivity index (χ1) is 8.19. The van der Waals surface area contributed by atoms with Crippen molar-refractivity contribution >= 4 is 34.2 Å². The Kier molecular flexibility index (Phi) is 6.16. The molecule has 0 saturated heterocycles. The number of nitrogens with one attached hydrogen (secondary N) is 2. The lowest BCUT2D eigenvalue weighted by Gasteiger charge is -2.11. The van der Waals surface area contributed by atoms with Gasteiger partial charge in [-0.1, -0.05) is 6.07 Å². The summed E-state index contributed by atoms with van der Waals surface area (Å²) in [5, 5.41) is 2.91. The van der Waals surface area contributed by atoms with Crippen LogP contribution in [0, 0.1) is 9.39 Å². The molecular formula is C10H14FIN4O. The van der Waals surface area contributed by atoms with Crippen LogP contribution in [0.2, 0.25) is 0 Å². The third-order valence-corrected chi connectivity index (χ3v) is 3.00. The molecule has 1 aromatic carbocycles. The summed E-state index contributed by atoms with van der Waals surface area (Å²) in [6, 6.07) is 4.75. The molecule has 0 aliphatic carbocycles. The van der Waals surface area contributed by atoms with E-state index in [9.17, 15) is 4.39 Å². The average Bonchev–Trinajstić information content (AvgIpc) is 2.33. The highest BCUT2D eigenvalue weighted by molar-refractivity contribution is 14.1. The van der Waals surface area contributed by atoms with Gasteiger partial charge in [-0.25, -0.2) is 15.2 Å². The van der Waals surface area contributed by atoms with E-state index < -0.39 is 0 Å². The summed E-state index contributed by atoms with van der Waals surface area (Å²) in [6.45, 7) is 0.960. The molecule has 0 spiro atoms. The van der Waals surface area contributed by atoms with Crippen molar-refractivity contribution in [2.45, 2.75) is 0 Å². The molecule has 0 amide bonds. The zero-order valence-electron chi connectivity index (χ0n) is 9.34. The number of nitrogens with zero attached hydrogens (tertiary/aromatic N) is 1. The first-order valence-electron chi connectivity index (χ1n) is 4.90. The Hall–Kier alpha value is -0.930. The van der Waals surface area contributed by atoms with Gasteiger partial charge in [0, 0.05) is 7.11 Å². The van der Waals surface area contributed by atoms with E-state index in [1.165, 1.54) is 6.07 Å². The van der Waals surface area contributed by atoms with Crippen LogP contribution in [0.5, 0.6) is 0 Å². The third-order valence-electron chi connectivity index (χ3n) is 1.91. The molecule has 0 radical (unpaired) electrons. The largest absolute Gasteiger partial charge is 0.383 e. The van der Waals surface area contributed by atoms with Gasteiger partial charge in [-0.3, -0.25) is 5.43 Å². The Balaban J connectivity index is 2.73. The highest BCUT2D eigenvalue weighted by Gasteiger charge is 2.06. The van der Waals surface area contributed by atoms with Crippen LogP contribution in [0.3, 0.4) is 0 Å². The highest BCUT2D eigenvalue weighted by Crippen LogP contribution is 2.20. The molecule has 1 aromatic rings. The van der Waals surface area contributed by atoms with Crippen molar-refractivity contribution in [1.29, 1.82) is 0 Å². The Labute approximate surface area is 113 Å². The van der Waals surface area contributed by atoms with E-state index in [4.69, 9.17) is 10.6 Å². The molecular weight excluding hydrogens is 338 g/mol. The molecule has 0 heterocycles. The average molecular weight is 352 g/mol. The normalized spacial score (nSPS) is 11.4. The van der Waals surface area contributed by atoms with Gasteiger partial charge in [-0.15, -0.1) is 0 Å². The van der Waals surface area contributed by atoms with Crippen molar-refractivity contribution in [3.8, 4) is 0 Å². The summed E-state index contributed by atoms with van der Waals surface area (Å²) in [7, 11) is 1.59. The van der Waals surface area contributed by atoms with Gasteiger partial charge in [0.15, 0.2) is 0 Å². The van der Waals surface area contributed by atoms with Crippen molar-refractivity contribution < 1.29 is 9.13 Å². The molecule has 0 aliphatic heterocycles. The lowest BCUT2D eigenvalue weighted by molar-refractivity contribution is 0.208. The van der Waals surface area contributed by atoms with Gasteiger partial charge in [0.1, 0.15) is 5.82 Å². The molecule has 5 nitrogen and oxygen atoms in total. The molecule has 0 unspecified atom stereocenters. The number of guanidine groups is 1. The summed E-state index contributed by atoms with van der Waals surface area (Å²) >= 11 is 1.91. The molecule has 0 aromatic heterocycles. The SMILES string of the molecule is COCCN=C(NN)Nc1cccc(F)c1I. The van der Waals surface area contributed by atoms with Crippen LogP contribution in [0.25, 0.3) is 0 Å². The number of nitrogens with two attached hydrogens (primary N) is 1. The number of hydrogen-bond acceptors (Lipinski definition) is 3. The number of benzene rings is 1. The minimum atomic E-state index is -0.288. The van der Waals surface area contributed by atoms with Gasteiger partial charge in [0.05, 0.1) is 22.4 Å². The fourth-order valence-corrected chi connectivity index (χ4v) is 1.59. The maximum absolute atomic E-state index is 13.3. The molecule has 0 aliphatic rings. The predicted octanol–water partition coefficient (Wildman–Crippen LogP) is 1.31. The van der Waals surface area contributed by atoms with Gasteiger partial charge in [-0.05, 0) is 34.7 Å². The topological polar surface area (TPSA) is 71.7 Å². The smallest absolute Gasteiger partial charge is 0.210 e. The van der Waals surface area contributed by atoms with Crippen molar-refractivity contribution in [2.75, 3.05) is 25.6 Å². The van der Waals surface area contributed by atoms with Crippen LogP contribution in [0.15, 0.2) is 23.2 Å². The van der Waals surface area contributed by atoms with Crippen LogP contribution in [0.4, 0.5) is 10.1 Å². The van der Waals surface area contributed by atoms with Crippen molar-refractivity contribution in [3.05, 3.63) is 27.6 Å². The van der Waals surface area contributed by atoms with Gasteiger partial charge in [0.2, 0.25) is 5.96 Å². The summed E-state index contributed by atoms with van der Waals surface area (Å²) in [4.78, 5) is 4.12. The minimum Gasteiger partial charge on any atom is -0.383 e. The van der Waals surface area contributed by atoms with Crippen LogP contribution in [-0.2, 0) is 4.74 Å². The standard InChI is InChI=1S/C10H14FIN4O/c1-17-6-5-14-10(16-13)15-8-4-2-3-7(11)9(8)12/h2-4H,5-6,13H2,1H3,(H2,14,15,16). The highest BCUT2D eigenvalue weighted by atomic mass is 127. The zero-order valence-corrected chi connectivity index (χ0v) is 11.5. The quantitative estimate of drug-likeness (QED) is 0.191. The summed E-state index contributed by atoms with van der Waals surface area (Å²) in [5.74, 6) is 5.39. The molecule has 4 N–H and O–H groups in total. The molecule has 1 rings (SSSR count). The van der Waals surface area contributed by atoms with Gasteiger partial charge < -0.3 is 10.1 Å². The molecule has 0 saturated carbocycles. The number of ether oxygens (including phenoxy) is 1. The lowest BCUT2D eigenvalue weighted by Crippen LogP contribution is -2.36. The molecule has 17 heavy (non-hydrogen) atoms. The summed E-state index contributed by atoms with van der Waals surface area (Å²) in [5.41, 5.74) is 3.02. The Bertz CT molecular complexity index is 400. The number of rotatable bonds is 4. The Morgan fingerprint density at radius 1 is 1.59 bits per heavy atom. The van der Waals surface area contributed by atoms with E-state index in [0.717, 1.165) is 0 Å². The maximum Gasteiger partial charge on any atom is 0.210 e. The van der Waals surface area contributed by atoms with Crippen LogP contribution >= 0.6 is 22.6 Å². The fraction of sp³-hybridized carbons (Fsp3) is 0.300. The lowest BCUT2D eigenvalue weighted by atomic mass is 10.3. The number of hydrogen-bond donors (Lipinski definition) is 3. The fourth-order valence-electron chi connectivity index (χ4n) is 1.10. The first-order valence-corrected chi connectivity index (χ1v) is 5.98. The number of aliphatic imine (C=N–C) groups is 1. The van der Waals surface area contributed by atoms with E-state index in [0.29, 0.717) is 28.4 Å². The van der Waals surface area contributed by atoms with Gasteiger partial charge in [-0.2, -0.15) is 0 Å². The van der Waals surface area contributed by atoms with E-state index in [1.54, 1.807) is 19.2 Å². The zero-order chi connectivity index (χ0) is 12.7. The maximum atomic E-state index is 13.3. The molecule has 0 fully saturated rings. The van der Waals surface area contributed by atoms with Crippen LogP contribution < -0.4 is 16.6 Å². The Morgan fingerprint density at radius 2 is 2.35 bits per heavy atom. The molecule has 0 bridgehead atoms. The minimum absolute atomic E-state index is 0.288. The molecule has 7 heteroatoms. The summed E-state index contributed by atoms with van der Waals surface area (Å²) < 4.78 is 18.6. The van der Waals surface area contributed by atoms with Crippen molar-refractivity contribution in [1.82, 2.24) is 5.43 Å². The van der Waals surface area contributed by atoms with E-state index in [1.807, 2.05) is 22.6 Å². The number of methoxy groups -OCH3 is 1. The monoisotopic (exact) mass is 352 g/mol. The van der Waals surface area contributed by atoms with E-state index in [2.05, 4.69) is 15.7 Å². The van der Waals surface area contributed by atoms with Crippen molar-refractivity contribution in [2.24, 2.45) is 10.8 Å². The second-order valence-corrected chi connectivity index (χ2v) is 4.17. The van der Waals surface area contributed by atoms with Crippen LogP contribution in [-0.4, -0.2) is 26.2 Å². The third kappa shape index (κ3) is 4.44.